The van der Waals surface area contributed by atoms with Crippen molar-refractivity contribution in [2.45, 2.75) is 25.3 Å². The van der Waals surface area contributed by atoms with Gasteiger partial charge in [0.15, 0.2) is 11.5 Å². The van der Waals surface area contributed by atoms with Crippen LogP contribution in [0.25, 0.3) is 11.0 Å². The van der Waals surface area contributed by atoms with E-state index in [4.69, 9.17) is 15.2 Å². The molecule has 5 heteroatoms. The fraction of sp³-hybridized carbons (Fsp3) is 0.500. The Morgan fingerprint density at radius 1 is 1.32 bits per heavy atom. The second-order valence-electron chi connectivity index (χ2n) is 5.11. The van der Waals surface area contributed by atoms with Crippen LogP contribution in [0.5, 0.6) is 11.5 Å². The van der Waals surface area contributed by atoms with E-state index < -0.39 is 0 Å². The van der Waals surface area contributed by atoms with E-state index in [1.165, 1.54) is 12.8 Å². The van der Waals surface area contributed by atoms with E-state index in [0.29, 0.717) is 17.4 Å². The molecule has 0 saturated heterocycles. The fourth-order valence-corrected chi connectivity index (χ4v) is 2.40. The van der Waals surface area contributed by atoms with Gasteiger partial charge in [-0.1, -0.05) is 0 Å². The Morgan fingerprint density at radius 2 is 2.00 bits per heavy atom. The molecule has 1 aromatic carbocycles. The van der Waals surface area contributed by atoms with Crippen molar-refractivity contribution in [1.29, 1.82) is 0 Å². The van der Waals surface area contributed by atoms with Crippen molar-refractivity contribution in [3.8, 4) is 11.5 Å². The molecule has 0 radical (unpaired) electrons. The molecule has 1 unspecified atom stereocenters. The fourth-order valence-electron chi connectivity index (χ4n) is 2.40. The van der Waals surface area contributed by atoms with Gasteiger partial charge < -0.3 is 20.2 Å². The van der Waals surface area contributed by atoms with Gasteiger partial charge in [-0.15, -0.1) is 0 Å². The molecule has 3 N–H and O–H groups in total. The first-order valence-corrected chi connectivity index (χ1v) is 6.57. The van der Waals surface area contributed by atoms with Crippen LogP contribution >= 0.6 is 0 Å². The molecule has 1 aromatic heterocycles. The summed E-state index contributed by atoms with van der Waals surface area (Å²) in [6.07, 6.45) is 3.30. The van der Waals surface area contributed by atoms with Gasteiger partial charge in [-0.05, 0) is 18.8 Å². The zero-order chi connectivity index (χ0) is 13.4. The lowest BCUT2D eigenvalue weighted by molar-refractivity contribution is 0.356. The van der Waals surface area contributed by atoms with E-state index in [-0.39, 0.29) is 6.04 Å². The number of H-pyrrole nitrogens is 1. The topological polar surface area (TPSA) is 73.2 Å². The van der Waals surface area contributed by atoms with Gasteiger partial charge in [-0.2, -0.15) is 0 Å². The van der Waals surface area contributed by atoms with E-state index in [1.807, 2.05) is 12.1 Å². The van der Waals surface area contributed by atoms with Crippen molar-refractivity contribution in [2.24, 2.45) is 11.7 Å². The number of aromatic nitrogens is 2. The van der Waals surface area contributed by atoms with Gasteiger partial charge in [0.25, 0.3) is 0 Å². The van der Waals surface area contributed by atoms with Crippen molar-refractivity contribution in [3.05, 3.63) is 18.0 Å². The van der Waals surface area contributed by atoms with Crippen LogP contribution in [0.4, 0.5) is 0 Å². The minimum Gasteiger partial charge on any atom is -0.493 e. The highest BCUT2D eigenvalue weighted by molar-refractivity contribution is 5.79. The maximum absolute atomic E-state index is 6.14. The van der Waals surface area contributed by atoms with Crippen LogP contribution in [0.3, 0.4) is 0 Å². The summed E-state index contributed by atoms with van der Waals surface area (Å²) in [6, 6.07) is 4.01. The van der Waals surface area contributed by atoms with Crippen molar-refractivity contribution < 1.29 is 9.47 Å². The molecule has 1 heterocycles. The number of benzene rings is 1. The molecule has 3 rings (SSSR count). The average molecular weight is 261 g/mol. The monoisotopic (exact) mass is 261 g/mol. The summed E-state index contributed by atoms with van der Waals surface area (Å²) in [5, 5.41) is 0. The Labute approximate surface area is 112 Å². The van der Waals surface area contributed by atoms with Gasteiger partial charge in [0, 0.05) is 24.6 Å². The first kappa shape index (κ1) is 12.3. The molecule has 19 heavy (non-hydrogen) atoms. The lowest BCUT2D eigenvalue weighted by Gasteiger charge is -2.06. The number of rotatable bonds is 5. The third kappa shape index (κ3) is 2.38. The zero-order valence-electron chi connectivity index (χ0n) is 11.3. The van der Waals surface area contributed by atoms with Crippen LogP contribution in [-0.2, 0) is 6.42 Å². The lowest BCUT2D eigenvalue weighted by Crippen LogP contribution is -2.25. The molecule has 0 bridgehead atoms. The van der Waals surface area contributed by atoms with Crippen LogP contribution in [0.15, 0.2) is 12.1 Å². The Hall–Kier alpha value is -1.75. The number of aromatic amines is 1. The largest absolute Gasteiger partial charge is 0.493 e. The maximum atomic E-state index is 6.14. The molecule has 102 valence electrons. The van der Waals surface area contributed by atoms with Gasteiger partial charge >= 0.3 is 0 Å². The van der Waals surface area contributed by atoms with Crippen molar-refractivity contribution in [2.75, 3.05) is 14.2 Å². The Bertz CT molecular complexity index is 549. The summed E-state index contributed by atoms with van der Waals surface area (Å²) in [5.74, 6) is 3.01. The van der Waals surface area contributed by atoms with Gasteiger partial charge in [-0.3, -0.25) is 0 Å². The molecular weight excluding hydrogens is 242 g/mol. The van der Waals surface area contributed by atoms with E-state index in [2.05, 4.69) is 9.97 Å². The van der Waals surface area contributed by atoms with E-state index in [9.17, 15) is 0 Å². The highest BCUT2D eigenvalue weighted by Gasteiger charge is 2.29. The minimum absolute atomic E-state index is 0.212. The van der Waals surface area contributed by atoms with Crippen LogP contribution in [0.1, 0.15) is 18.7 Å². The Morgan fingerprint density at radius 3 is 2.63 bits per heavy atom. The number of nitrogens with zero attached hydrogens (tertiary/aromatic N) is 1. The molecule has 1 aliphatic rings. The molecule has 1 saturated carbocycles. The van der Waals surface area contributed by atoms with Crippen LogP contribution < -0.4 is 15.2 Å². The number of ether oxygens (including phenoxy) is 2. The summed E-state index contributed by atoms with van der Waals surface area (Å²) < 4.78 is 10.6. The van der Waals surface area contributed by atoms with Gasteiger partial charge in [0.05, 0.1) is 25.3 Å². The number of hydrogen-bond donors (Lipinski definition) is 2. The summed E-state index contributed by atoms with van der Waals surface area (Å²) in [4.78, 5) is 7.88. The quantitative estimate of drug-likeness (QED) is 0.861. The predicted molar refractivity (Wildman–Crippen MR) is 73.6 cm³/mol. The smallest absolute Gasteiger partial charge is 0.163 e. The van der Waals surface area contributed by atoms with Crippen molar-refractivity contribution >= 4 is 11.0 Å². The Kier molecular flexibility index (Phi) is 3.06. The molecular formula is C14H19N3O2. The normalized spacial score (nSPS) is 16.6. The van der Waals surface area contributed by atoms with E-state index >= 15 is 0 Å². The molecule has 1 fully saturated rings. The van der Waals surface area contributed by atoms with E-state index in [1.54, 1.807) is 14.2 Å². The van der Waals surface area contributed by atoms with Crippen LogP contribution in [-0.4, -0.2) is 30.2 Å². The number of imidazole rings is 1. The molecule has 2 aromatic rings. The SMILES string of the molecule is COc1cc2nc(CC(N)C3CC3)[nH]c2cc1OC. The molecule has 0 aliphatic heterocycles. The molecule has 1 atom stereocenters. The highest BCUT2D eigenvalue weighted by atomic mass is 16.5. The predicted octanol–water partition coefficient (Wildman–Crippen LogP) is 1.86. The summed E-state index contributed by atoms with van der Waals surface area (Å²) >= 11 is 0. The maximum Gasteiger partial charge on any atom is 0.163 e. The summed E-state index contributed by atoms with van der Waals surface area (Å²) in [5.41, 5.74) is 7.97. The lowest BCUT2D eigenvalue weighted by atomic mass is 10.1. The first-order valence-electron chi connectivity index (χ1n) is 6.57. The zero-order valence-corrected chi connectivity index (χ0v) is 11.3. The summed E-state index contributed by atoms with van der Waals surface area (Å²) in [6.45, 7) is 0. The Balaban J connectivity index is 1.90. The standard InChI is InChI=1S/C14H19N3O2/c1-18-12-6-10-11(7-13(12)19-2)17-14(16-10)5-9(15)8-3-4-8/h6-9H,3-5,15H2,1-2H3,(H,16,17). The average Bonchev–Trinajstić information content (AvgIpc) is 3.18. The van der Waals surface area contributed by atoms with Gasteiger partial charge in [0.1, 0.15) is 5.82 Å². The molecule has 0 spiro atoms. The van der Waals surface area contributed by atoms with Crippen LogP contribution in [0, 0.1) is 5.92 Å². The number of methoxy groups -OCH3 is 2. The van der Waals surface area contributed by atoms with Crippen molar-refractivity contribution in [3.63, 3.8) is 0 Å². The second-order valence-corrected chi connectivity index (χ2v) is 5.11. The number of nitrogens with one attached hydrogen (secondary N) is 1. The minimum atomic E-state index is 0.212. The van der Waals surface area contributed by atoms with Crippen molar-refractivity contribution in [1.82, 2.24) is 9.97 Å². The summed E-state index contributed by atoms with van der Waals surface area (Å²) in [7, 11) is 3.25. The molecule has 0 amide bonds. The number of hydrogen-bond acceptors (Lipinski definition) is 4. The van der Waals surface area contributed by atoms with Gasteiger partial charge in [0.2, 0.25) is 0 Å². The van der Waals surface area contributed by atoms with Gasteiger partial charge in [-0.25, -0.2) is 4.98 Å². The molecule has 5 nitrogen and oxygen atoms in total. The molecule has 1 aliphatic carbocycles. The third-order valence-corrected chi connectivity index (χ3v) is 3.69. The number of fused-ring (bicyclic) bond motifs is 1. The highest BCUT2D eigenvalue weighted by Crippen LogP contribution is 2.34. The number of nitrogens with two attached hydrogens (primary N) is 1. The first-order chi connectivity index (χ1) is 9.21. The van der Waals surface area contributed by atoms with Crippen LogP contribution in [0.2, 0.25) is 0 Å². The second kappa shape index (κ2) is 4.74. The van der Waals surface area contributed by atoms with E-state index in [0.717, 1.165) is 23.3 Å². The third-order valence-electron chi connectivity index (χ3n) is 3.69.